The van der Waals surface area contributed by atoms with Crippen LogP contribution in [0.2, 0.25) is 0 Å². The second-order valence-electron chi connectivity index (χ2n) is 8.12. The number of nitriles is 1. The van der Waals surface area contributed by atoms with Crippen molar-refractivity contribution in [2.75, 3.05) is 4.90 Å². The van der Waals surface area contributed by atoms with Gasteiger partial charge in [0.25, 0.3) is 0 Å². The predicted octanol–water partition coefficient (Wildman–Crippen LogP) is 4.76. The summed E-state index contributed by atoms with van der Waals surface area (Å²) in [6, 6.07) is 5.56. The molecule has 2 amide bonds. The van der Waals surface area contributed by atoms with Gasteiger partial charge in [-0.15, -0.1) is 27.8 Å². The molecule has 0 aliphatic rings. The largest absolute Gasteiger partial charge is 0.465 e. The fourth-order valence-corrected chi connectivity index (χ4v) is 5.06. The first-order valence-corrected chi connectivity index (χ1v) is 11.5. The molecule has 0 saturated heterocycles. The van der Waals surface area contributed by atoms with Gasteiger partial charge in [-0.25, -0.2) is 9.59 Å². The Bertz CT molecular complexity index is 1160. The number of anilines is 1. The fourth-order valence-electron chi connectivity index (χ4n) is 3.04. The minimum absolute atomic E-state index is 0.166. The maximum Gasteiger partial charge on any atom is 0.412 e. The Hall–Kier alpha value is -3.23. The first-order chi connectivity index (χ1) is 15.1. The Morgan fingerprint density at radius 3 is 2.75 bits per heavy atom. The van der Waals surface area contributed by atoms with Crippen molar-refractivity contribution in [2.45, 2.75) is 52.3 Å². The van der Waals surface area contributed by atoms with Crippen LogP contribution in [0.15, 0.2) is 23.7 Å². The number of rotatable bonds is 6. The Morgan fingerprint density at radius 1 is 1.41 bits per heavy atom. The van der Waals surface area contributed by atoms with Crippen LogP contribution < -0.4 is 10.2 Å². The second kappa shape index (κ2) is 9.50. The van der Waals surface area contributed by atoms with E-state index in [2.05, 4.69) is 21.6 Å². The van der Waals surface area contributed by atoms with E-state index < -0.39 is 17.8 Å². The molecule has 11 heteroatoms. The number of ether oxygens (including phenoxy) is 1. The predicted molar refractivity (Wildman–Crippen MR) is 123 cm³/mol. The number of nitrogens with one attached hydrogen (secondary N) is 1. The van der Waals surface area contributed by atoms with Crippen molar-refractivity contribution in [2.24, 2.45) is 0 Å². The van der Waals surface area contributed by atoms with Gasteiger partial charge in [0.2, 0.25) is 0 Å². The summed E-state index contributed by atoms with van der Waals surface area (Å²) in [5.41, 5.74) is 0.439. The normalized spacial score (nSPS) is 12.2. The van der Waals surface area contributed by atoms with E-state index in [1.54, 1.807) is 20.8 Å². The van der Waals surface area contributed by atoms with E-state index in [4.69, 9.17) is 4.74 Å². The lowest BCUT2D eigenvalue weighted by Crippen LogP contribution is -2.38. The van der Waals surface area contributed by atoms with Crippen LogP contribution in [0.5, 0.6) is 0 Å². The number of fused-ring (bicyclic) bond motifs is 1. The first-order valence-electron chi connectivity index (χ1n) is 9.78. The Labute approximate surface area is 193 Å². The SMILES string of the molecule is C[C@@H](Cc1sc2c(N(Cc3cccs3)C(=O)O)cnnc2c1C#N)NC(=O)OC(C)(C)C. The molecule has 0 spiro atoms. The van der Waals surface area contributed by atoms with Crippen LogP contribution in [-0.2, 0) is 17.7 Å². The first kappa shape index (κ1) is 23.4. The standard InChI is InChI=1S/C21H23N5O4S2/c1-12(24-19(27)30-21(2,3)4)8-16-14(9-22)17-18(32-16)15(10-23-25-17)26(20(28)29)11-13-6-5-7-31-13/h5-7,10,12H,8,11H2,1-4H3,(H,24,27)(H,28,29)/t12-/m0/s1. The van der Waals surface area contributed by atoms with Crippen LogP contribution in [-0.4, -0.2) is 39.1 Å². The van der Waals surface area contributed by atoms with Gasteiger partial charge in [0, 0.05) is 22.2 Å². The van der Waals surface area contributed by atoms with Crippen molar-refractivity contribution >= 4 is 50.8 Å². The van der Waals surface area contributed by atoms with Crippen LogP contribution in [0, 0.1) is 11.3 Å². The summed E-state index contributed by atoms with van der Waals surface area (Å²) in [5.74, 6) is 0. The molecule has 0 saturated carbocycles. The Kier molecular flexibility index (Phi) is 6.96. The van der Waals surface area contributed by atoms with Crippen LogP contribution in [0.4, 0.5) is 15.3 Å². The molecule has 0 unspecified atom stereocenters. The van der Waals surface area contributed by atoms with E-state index in [0.29, 0.717) is 32.8 Å². The minimum Gasteiger partial charge on any atom is -0.465 e. The van der Waals surface area contributed by atoms with E-state index >= 15 is 0 Å². The number of hydrogen-bond donors (Lipinski definition) is 2. The highest BCUT2D eigenvalue weighted by atomic mass is 32.1. The van der Waals surface area contributed by atoms with Crippen molar-refractivity contribution in [3.63, 3.8) is 0 Å². The van der Waals surface area contributed by atoms with Gasteiger partial charge >= 0.3 is 12.2 Å². The van der Waals surface area contributed by atoms with Gasteiger partial charge in [-0.2, -0.15) is 10.4 Å². The molecule has 0 radical (unpaired) electrons. The van der Waals surface area contributed by atoms with Crippen molar-refractivity contribution in [3.8, 4) is 6.07 Å². The summed E-state index contributed by atoms with van der Waals surface area (Å²) in [7, 11) is 0. The second-order valence-corrected chi connectivity index (χ2v) is 10.3. The lowest BCUT2D eigenvalue weighted by molar-refractivity contribution is 0.0508. The molecular weight excluding hydrogens is 450 g/mol. The Morgan fingerprint density at radius 2 is 2.16 bits per heavy atom. The van der Waals surface area contributed by atoms with E-state index in [-0.39, 0.29) is 12.6 Å². The molecule has 3 heterocycles. The van der Waals surface area contributed by atoms with E-state index in [1.165, 1.54) is 33.8 Å². The third-order valence-electron chi connectivity index (χ3n) is 4.31. The monoisotopic (exact) mass is 473 g/mol. The molecule has 0 bridgehead atoms. The van der Waals surface area contributed by atoms with Crippen molar-refractivity contribution in [1.29, 1.82) is 5.26 Å². The quantitative estimate of drug-likeness (QED) is 0.528. The molecule has 32 heavy (non-hydrogen) atoms. The number of amides is 2. The maximum absolute atomic E-state index is 12.1. The molecule has 2 N–H and O–H groups in total. The highest BCUT2D eigenvalue weighted by Crippen LogP contribution is 2.37. The third-order valence-corrected chi connectivity index (χ3v) is 6.39. The molecule has 3 rings (SSSR count). The summed E-state index contributed by atoms with van der Waals surface area (Å²) >= 11 is 2.74. The topological polar surface area (TPSA) is 128 Å². The lowest BCUT2D eigenvalue weighted by Gasteiger charge is -2.21. The highest BCUT2D eigenvalue weighted by Gasteiger charge is 2.25. The minimum atomic E-state index is -1.12. The number of aromatic nitrogens is 2. The van der Waals surface area contributed by atoms with Crippen molar-refractivity contribution < 1.29 is 19.4 Å². The molecule has 0 fully saturated rings. The summed E-state index contributed by atoms with van der Waals surface area (Å²) in [6.07, 6.45) is 0.0910. The smallest absolute Gasteiger partial charge is 0.412 e. The highest BCUT2D eigenvalue weighted by molar-refractivity contribution is 7.20. The molecule has 3 aromatic rings. The van der Waals surface area contributed by atoms with Gasteiger partial charge in [-0.3, -0.25) is 4.90 Å². The van der Waals surface area contributed by atoms with Gasteiger partial charge in [0.1, 0.15) is 17.2 Å². The number of hydrogen-bond acceptors (Lipinski definition) is 8. The molecular formula is C21H23N5O4S2. The summed E-state index contributed by atoms with van der Waals surface area (Å²) in [5, 5.41) is 32.3. The van der Waals surface area contributed by atoms with Gasteiger partial charge in [0.05, 0.1) is 28.7 Å². The third kappa shape index (κ3) is 5.52. The number of thiophene rings is 2. The average Bonchev–Trinajstić information content (AvgIpc) is 3.30. The van der Waals surface area contributed by atoms with Crippen molar-refractivity contribution in [1.82, 2.24) is 15.5 Å². The van der Waals surface area contributed by atoms with Gasteiger partial charge in [0.15, 0.2) is 0 Å². The van der Waals surface area contributed by atoms with Crippen LogP contribution in [0.25, 0.3) is 10.2 Å². The average molecular weight is 474 g/mol. The number of carbonyl (C=O) groups is 2. The Balaban J connectivity index is 1.92. The number of alkyl carbamates (subject to hydrolysis) is 1. The molecule has 9 nitrogen and oxygen atoms in total. The maximum atomic E-state index is 12.1. The van der Waals surface area contributed by atoms with E-state index in [0.717, 1.165) is 4.88 Å². The van der Waals surface area contributed by atoms with Gasteiger partial charge in [-0.1, -0.05) is 6.07 Å². The van der Waals surface area contributed by atoms with Crippen LogP contribution >= 0.6 is 22.7 Å². The van der Waals surface area contributed by atoms with Gasteiger partial charge < -0.3 is 15.2 Å². The van der Waals surface area contributed by atoms with Gasteiger partial charge in [-0.05, 0) is 39.1 Å². The molecule has 0 aromatic carbocycles. The summed E-state index contributed by atoms with van der Waals surface area (Å²) < 4.78 is 5.85. The zero-order valence-electron chi connectivity index (χ0n) is 18.1. The lowest BCUT2D eigenvalue weighted by atomic mass is 10.1. The zero-order chi connectivity index (χ0) is 23.5. The van der Waals surface area contributed by atoms with E-state index in [1.807, 2.05) is 24.4 Å². The molecule has 168 valence electrons. The number of carbonyl (C=O) groups excluding carboxylic acids is 1. The summed E-state index contributed by atoms with van der Waals surface area (Å²) in [6.45, 7) is 7.31. The van der Waals surface area contributed by atoms with Crippen LogP contribution in [0.1, 0.15) is 43.0 Å². The molecule has 1 atom stereocenters. The molecule has 0 aliphatic carbocycles. The number of carboxylic acid groups (broad SMARTS) is 1. The number of nitrogens with zero attached hydrogens (tertiary/aromatic N) is 4. The zero-order valence-corrected chi connectivity index (χ0v) is 19.7. The van der Waals surface area contributed by atoms with Crippen molar-refractivity contribution in [3.05, 3.63) is 39.0 Å². The fraction of sp³-hybridized carbons (Fsp3) is 0.381. The molecule has 3 aromatic heterocycles. The summed E-state index contributed by atoms with van der Waals surface area (Å²) in [4.78, 5) is 26.8. The molecule has 0 aliphatic heterocycles. The van der Waals surface area contributed by atoms with E-state index in [9.17, 15) is 20.0 Å². The van der Waals surface area contributed by atoms with Crippen LogP contribution in [0.3, 0.4) is 0 Å².